The van der Waals surface area contributed by atoms with E-state index in [0.717, 1.165) is 6.33 Å². The summed E-state index contributed by atoms with van der Waals surface area (Å²) in [6.45, 7) is -0.631. The van der Waals surface area contributed by atoms with Gasteiger partial charge >= 0.3 is 13.8 Å². The van der Waals surface area contributed by atoms with E-state index in [1.54, 1.807) is 12.3 Å². The van der Waals surface area contributed by atoms with E-state index in [-0.39, 0.29) is 23.3 Å². The summed E-state index contributed by atoms with van der Waals surface area (Å²) in [7, 11) is -4.73. The maximum atomic E-state index is 12.6. The highest BCUT2D eigenvalue weighted by molar-refractivity contribution is 7.47. The molecule has 38 heavy (non-hydrogen) atoms. The molecule has 202 valence electrons. The molecule has 0 saturated carbocycles. The molecule has 0 amide bonds. The predicted molar refractivity (Wildman–Crippen MR) is 128 cm³/mol. The molecule has 0 bridgehead atoms. The fourth-order valence-electron chi connectivity index (χ4n) is 4.18. The van der Waals surface area contributed by atoms with Crippen molar-refractivity contribution in [3.8, 4) is 5.75 Å². The second-order valence-electron chi connectivity index (χ2n) is 8.63. The summed E-state index contributed by atoms with van der Waals surface area (Å²) < 4.78 is 29.7. The van der Waals surface area contributed by atoms with Gasteiger partial charge in [0.2, 0.25) is 0 Å². The number of imidazole rings is 1. The summed E-state index contributed by atoms with van der Waals surface area (Å²) in [6.07, 6.45) is -1.49. The molecule has 16 nitrogen and oxygen atoms in total. The van der Waals surface area contributed by atoms with Crippen LogP contribution < -0.4 is 15.8 Å². The van der Waals surface area contributed by atoms with Gasteiger partial charge in [-0.05, 0) is 23.8 Å². The summed E-state index contributed by atoms with van der Waals surface area (Å²) >= 11 is 0. The number of H-pyrrole nitrogens is 2. The van der Waals surface area contributed by atoms with Crippen LogP contribution in [0.25, 0.3) is 22.1 Å². The number of carboxylic acids is 1. The van der Waals surface area contributed by atoms with E-state index in [1.165, 1.54) is 23.0 Å². The number of hydrogen-bond acceptors (Lipinski definition) is 11. The third kappa shape index (κ3) is 4.93. The van der Waals surface area contributed by atoms with Gasteiger partial charge in [-0.25, -0.2) is 14.5 Å². The first-order valence-electron chi connectivity index (χ1n) is 11.2. The summed E-state index contributed by atoms with van der Waals surface area (Å²) in [4.78, 5) is 46.5. The molecule has 4 aromatic rings. The van der Waals surface area contributed by atoms with Gasteiger partial charge in [-0.1, -0.05) is 0 Å². The number of aromatic nitrogens is 5. The number of aliphatic hydroxyl groups excluding tert-OH is 2. The molecule has 1 fully saturated rings. The number of carbonyl (C=O) groups is 1. The first-order valence-corrected chi connectivity index (χ1v) is 12.7. The van der Waals surface area contributed by atoms with Crippen molar-refractivity contribution in [2.75, 3.05) is 6.61 Å². The van der Waals surface area contributed by atoms with Crippen LogP contribution in [0, 0.1) is 0 Å². The van der Waals surface area contributed by atoms with E-state index in [4.69, 9.17) is 24.6 Å². The molecule has 0 aliphatic carbocycles. The molecule has 1 unspecified atom stereocenters. The van der Waals surface area contributed by atoms with E-state index < -0.39 is 56.5 Å². The van der Waals surface area contributed by atoms with Crippen LogP contribution in [0.4, 0.5) is 0 Å². The zero-order valence-corrected chi connectivity index (χ0v) is 20.3. The molecule has 1 aliphatic heterocycles. The first-order chi connectivity index (χ1) is 18.0. The van der Waals surface area contributed by atoms with Crippen molar-refractivity contribution in [2.45, 2.75) is 37.0 Å². The molecule has 6 atom stereocenters. The van der Waals surface area contributed by atoms with Crippen LogP contribution in [0.5, 0.6) is 5.75 Å². The number of nitrogens with zero attached hydrogens (tertiary/aromatic N) is 3. The van der Waals surface area contributed by atoms with E-state index in [2.05, 4.69) is 19.9 Å². The van der Waals surface area contributed by atoms with Gasteiger partial charge in [-0.2, -0.15) is 0 Å². The highest BCUT2D eigenvalue weighted by atomic mass is 31.2. The molecule has 0 spiro atoms. The number of nitrogens with one attached hydrogen (secondary N) is 2. The standard InChI is InChI=1S/C21H23N6O10P/c22-12(21(31)32)3-9-5-23-13-2-1-10(4-11(9)13)37-38(33,34)35-6-14-16(28)17(29)20(36-14)27-8-26-15-18(27)24-7-25-19(15)30/h1-2,4-5,7-8,12,14,16-17,20,23,28-29H,3,6,22H2,(H,31,32)(H,33,34)(H,24,25,30)/t12-,14+,16+,17+,20-/m0/s1. The molecular weight excluding hydrogens is 527 g/mol. The fraction of sp³-hybridized carbons (Fsp3) is 0.333. The zero-order chi connectivity index (χ0) is 27.2. The molecule has 0 radical (unpaired) electrons. The van der Waals surface area contributed by atoms with Crippen LogP contribution in [-0.4, -0.2) is 81.6 Å². The van der Waals surface area contributed by atoms with Gasteiger partial charge in [-0.3, -0.25) is 23.6 Å². The summed E-state index contributed by atoms with van der Waals surface area (Å²) in [5.41, 5.74) is 6.41. The van der Waals surface area contributed by atoms with Crippen molar-refractivity contribution in [3.05, 3.63) is 53.0 Å². The van der Waals surface area contributed by atoms with Crippen molar-refractivity contribution < 1.29 is 43.4 Å². The van der Waals surface area contributed by atoms with Gasteiger partial charge in [0.15, 0.2) is 17.4 Å². The Kier molecular flexibility index (Phi) is 6.79. The second kappa shape index (κ2) is 9.92. The molecule has 1 aliphatic rings. The Morgan fingerprint density at radius 1 is 1.26 bits per heavy atom. The molecule has 5 rings (SSSR count). The molecule has 8 N–H and O–H groups in total. The minimum absolute atomic E-state index is 0.00163. The monoisotopic (exact) mass is 550 g/mol. The Morgan fingerprint density at radius 3 is 2.82 bits per heavy atom. The normalized spacial score (nSPS) is 24.0. The summed E-state index contributed by atoms with van der Waals surface area (Å²) in [5, 5.41) is 30.5. The van der Waals surface area contributed by atoms with Gasteiger partial charge < -0.3 is 40.3 Å². The highest BCUT2D eigenvalue weighted by Crippen LogP contribution is 2.45. The van der Waals surface area contributed by atoms with Crippen LogP contribution >= 0.6 is 7.82 Å². The minimum atomic E-state index is -4.73. The number of aromatic amines is 2. The number of nitrogens with two attached hydrogens (primary N) is 1. The molecule has 3 aromatic heterocycles. The molecule has 4 heterocycles. The number of benzene rings is 1. The fourth-order valence-corrected chi connectivity index (χ4v) is 4.95. The Bertz CT molecular complexity index is 1600. The first kappa shape index (κ1) is 26.0. The number of carboxylic acid groups (broad SMARTS) is 1. The van der Waals surface area contributed by atoms with E-state index in [0.29, 0.717) is 16.5 Å². The Morgan fingerprint density at radius 2 is 2.05 bits per heavy atom. The average molecular weight is 550 g/mol. The Hall–Kier alpha value is -3.63. The third-order valence-corrected chi connectivity index (χ3v) is 7.01. The molecular formula is C21H23N6O10P. The second-order valence-corrected chi connectivity index (χ2v) is 10.0. The smallest absolute Gasteiger partial charge is 0.480 e. The van der Waals surface area contributed by atoms with Gasteiger partial charge in [0, 0.05) is 23.5 Å². The SMILES string of the molecule is N[C@@H](Cc1c[nH]c2ccc(OP(=O)(O)OC[C@H]3O[C@H](n4cnc5c(=O)[nH]cnc54)[C@H](O)[C@@H]3O)cc12)C(=O)O. The quantitative estimate of drug-likeness (QED) is 0.128. The van der Waals surface area contributed by atoms with Crippen LogP contribution in [-0.2, 0) is 25.0 Å². The molecule has 17 heteroatoms. The lowest BCUT2D eigenvalue weighted by Crippen LogP contribution is -2.33. The van der Waals surface area contributed by atoms with Crippen molar-refractivity contribution >= 4 is 35.9 Å². The van der Waals surface area contributed by atoms with Gasteiger partial charge in [0.1, 0.15) is 30.1 Å². The Balaban J connectivity index is 1.26. The van der Waals surface area contributed by atoms with Crippen LogP contribution in [0.3, 0.4) is 0 Å². The van der Waals surface area contributed by atoms with Crippen molar-refractivity contribution in [1.29, 1.82) is 0 Å². The van der Waals surface area contributed by atoms with Crippen LogP contribution in [0.15, 0.2) is 41.8 Å². The number of fused-ring (bicyclic) bond motifs is 2. The average Bonchev–Trinajstić information content (AvgIpc) is 3.55. The highest BCUT2D eigenvalue weighted by Gasteiger charge is 2.45. The van der Waals surface area contributed by atoms with E-state index in [9.17, 15) is 29.3 Å². The topological polar surface area (TPSA) is 248 Å². The van der Waals surface area contributed by atoms with Crippen LogP contribution in [0.2, 0.25) is 0 Å². The largest absolute Gasteiger partial charge is 0.527 e. The van der Waals surface area contributed by atoms with Gasteiger partial charge in [0.05, 0.1) is 19.3 Å². The van der Waals surface area contributed by atoms with Crippen molar-refractivity contribution in [2.24, 2.45) is 5.73 Å². The number of ether oxygens (including phenoxy) is 1. The summed E-state index contributed by atoms with van der Waals surface area (Å²) in [6, 6.07) is 3.27. The summed E-state index contributed by atoms with van der Waals surface area (Å²) in [5.74, 6) is -1.21. The maximum absolute atomic E-state index is 12.6. The number of rotatable bonds is 9. The molecule has 1 aromatic carbocycles. The number of phosphoric ester groups is 1. The van der Waals surface area contributed by atoms with E-state index >= 15 is 0 Å². The number of aliphatic carboxylic acids is 1. The number of aliphatic hydroxyl groups is 2. The number of hydrogen-bond donors (Lipinski definition) is 7. The van der Waals surface area contributed by atoms with Gasteiger partial charge in [-0.15, -0.1) is 0 Å². The number of phosphoric acid groups is 1. The van der Waals surface area contributed by atoms with Crippen molar-refractivity contribution in [1.82, 2.24) is 24.5 Å². The third-order valence-electron chi connectivity index (χ3n) is 6.10. The lowest BCUT2D eigenvalue weighted by molar-refractivity contribution is -0.138. The lowest BCUT2D eigenvalue weighted by atomic mass is 10.1. The Labute approximate surface area is 212 Å². The van der Waals surface area contributed by atoms with E-state index in [1.807, 2.05) is 0 Å². The van der Waals surface area contributed by atoms with Crippen molar-refractivity contribution in [3.63, 3.8) is 0 Å². The maximum Gasteiger partial charge on any atom is 0.527 e. The van der Waals surface area contributed by atoms with Gasteiger partial charge in [0.25, 0.3) is 5.56 Å². The van der Waals surface area contributed by atoms with Crippen LogP contribution in [0.1, 0.15) is 11.8 Å². The molecule has 1 saturated heterocycles. The lowest BCUT2D eigenvalue weighted by Gasteiger charge is -2.18. The predicted octanol–water partition coefficient (Wildman–Crippen LogP) is -0.629. The minimum Gasteiger partial charge on any atom is -0.480 e. The zero-order valence-electron chi connectivity index (χ0n) is 19.4.